The largest absolute Gasteiger partial charge is 0.548 e. The molecule has 0 unspecified atom stereocenters. The van der Waals surface area contributed by atoms with Gasteiger partial charge in [0.1, 0.15) is 0 Å². The van der Waals surface area contributed by atoms with Crippen molar-refractivity contribution in [3.8, 4) is 0 Å². The van der Waals surface area contributed by atoms with Gasteiger partial charge in [-0.25, -0.2) is 13.1 Å². The lowest BCUT2D eigenvalue weighted by atomic mass is 10.2. The topological polar surface area (TPSA) is 129 Å². The number of hydrogen-bond acceptors (Lipinski definition) is 5. The fourth-order valence-electron chi connectivity index (χ4n) is 1.38. The van der Waals surface area contributed by atoms with Gasteiger partial charge < -0.3 is 15.6 Å². The lowest BCUT2D eigenvalue weighted by Crippen LogP contribution is -2.48. The van der Waals surface area contributed by atoms with Crippen LogP contribution in [0.2, 0.25) is 5.02 Å². The minimum Gasteiger partial charge on any atom is -0.548 e. The maximum Gasteiger partial charge on any atom is 0.241 e. The second kappa shape index (κ2) is 6.69. The predicted molar refractivity (Wildman–Crippen MR) is 69.0 cm³/mol. The maximum absolute atomic E-state index is 11.9. The highest BCUT2D eigenvalue weighted by Gasteiger charge is 2.21. The lowest BCUT2D eigenvalue weighted by Gasteiger charge is -2.19. The molecular weight excluding hydrogens is 308 g/mol. The van der Waals surface area contributed by atoms with E-state index >= 15 is 0 Å². The standard InChI is InChI=1S/C11H13ClN2O5S/c12-7-1-3-8(4-2-7)20(18,19)14-9(11(16)17)5-6-10(13)15/h1-4,9,14H,5-6H2,(H2,13,15)(H,16,17)/p-1/t9-/m0/s1. The van der Waals surface area contributed by atoms with Gasteiger partial charge >= 0.3 is 0 Å². The summed E-state index contributed by atoms with van der Waals surface area (Å²) >= 11 is 5.63. The highest BCUT2D eigenvalue weighted by atomic mass is 35.5. The first kappa shape index (κ1) is 16.4. The minimum atomic E-state index is -4.05. The highest BCUT2D eigenvalue weighted by molar-refractivity contribution is 7.89. The van der Waals surface area contributed by atoms with Crippen LogP contribution in [0.1, 0.15) is 12.8 Å². The van der Waals surface area contributed by atoms with Crippen molar-refractivity contribution < 1.29 is 23.1 Å². The van der Waals surface area contributed by atoms with Crippen molar-refractivity contribution in [1.82, 2.24) is 4.72 Å². The van der Waals surface area contributed by atoms with Gasteiger partial charge in [-0.1, -0.05) is 11.6 Å². The van der Waals surface area contributed by atoms with E-state index in [4.69, 9.17) is 17.3 Å². The van der Waals surface area contributed by atoms with Crippen molar-refractivity contribution in [2.45, 2.75) is 23.8 Å². The molecule has 1 aromatic rings. The van der Waals surface area contributed by atoms with E-state index in [1.165, 1.54) is 24.3 Å². The average Bonchev–Trinajstić information content (AvgIpc) is 2.34. The van der Waals surface area contributed by atoms with Crippen molar-refractivity contribution in [2.75, 3.05) is 0 Å². The van der Waals surface area contributed by atoms with Gasteiger partial charge in [-0.3, -0.25) is 4.79 Å². The summed E-state index contributed by atoms with van der Waals surface area (Å²) in [5.41, 5.74) is 4.89. The van der Waals surface area contributed by atoms with Crippen LogP contribution in [0.15, 0.2) is 29.2 Å². The number of carboxylic acids is 1. The molecule has 0 fully saturated rings. The molecule has 110 valence electrons. The van der Waals surface area contributed by atoms with E-state index in [-0.39, 0.29) is 17.7 Å². The minimum absolute atomic E-state index is 0.146. The first-order valence-electron chi connectivity index (χ1n) is 5.49. The molecule has 0 heterocycles. The number of primary amides is 1. The molecular formula is C11H12ClN2O5S-. The summed E-state index contributed by atoms with van der Waals surface area (Å²) in [7, 11) is -4.05. The number of nitrogens with one attached hydrogen (secondary N) is 1. The molecule has 0 saturated carbocycles. The van der Waals surface area contributed by atoms with E-state index in [1.54, 1.807) is 0 Å². The summed E-state index contributed by atoms with van der Waals surface area (Å²) in [6, 6.07) is 3.63. The molecule has 1 rings (SSSR count). The van der Waals surface area contributed by atoms with Crippen LogP contribution in [0.5, 0.6) is 0 Å². The number of amides is 1. The second-order valence-electron chi connectivity index (χ2n) is 3.95. The number of nitrogens with two attached hydrogens (primary N) is 1. The summed E-state index contributed by atoms with van der Waals surface area (Å²) in [5.74, 6) is -2.37. The molecule has 7 nitrogen and oxygen atoms in total. The van der Waals surface area contributed by atoms with Gasteiger partial charge in [0.2, 0.25) is 15.9 Å². The van der Waals surface area contributed by atoms with Gasteiger partial charge in [0, 0.05) is 11.4 Å². The molecule has 0 aliphatic heterocycles. The van der Waals surface area contributed by atoms with Crippen LogP contribution in [-0.2, 0) is 19.6 Å². The molecule has 1 amide bonds. The number of benzene rings is 1. The third-order valence-electron chi connectivity index (χ3n) is 2.39. The summed E-state index contributed by atoms with van der Waals surface area (Å²) < 4.78 is 25.8. The zero-order valence-electron chi connectivity index (χ0n) is 10.2. The molecule has 0 aromatic heterocycles. The molecule has 1 atom stereocenters. The van der Waals surface area contributed by atoms with Crippen LogP contribution in [0.25, 0.3) is 0 Å². The van der Waals surface area contributed by atoms with Gasteiger partial charge in [0.15, 0.2) is 0 Å². The second-order valence-corrected chi connectivity index (χ2v) is 6.10. The quantitative estimate of drug-likeness (QED) is 0.666. The molecule has 0 saturated heterocycles. The Kier molecular flexibility index (Phi) is 5.49. The predicted octanol–water partition coefficient (Wildman–Crippen LogP) is -0.998. The molecule has 1 aromatic carbocycles. The van der Waals surface area contributed by atoms with Gasteiger partial charge in [0.25, 0.3) is 0 Å². The van der Waals surface area contributed by atoms with Crippen molar-refractivity contribution in [3.63, 3.8) is 0 Å². The fourth-order valence-corrected chi connectivity index (χ4v) is 2.73. The van der Waals surface area contributed by atoms with Crippen LogP contribution in [0.4, 0.5) is 0 Å². The van der Waals surface area contributed by atoms with Gasteiger partial charge in [0.05, 0.1) is 16.9 Å². The Morgan fingerprint density at radius 2 is 1.85 bits per heavy atom. The van der Waals surface area contributed by atoms with E-state index in [0.29, 0.717) is 5.02 Å². The Hall–Kier alpha value is -1.64. The number of carboxylic acid groups (broad SMARTS) is 1. The van der Waals surface area contributed by atoms with Crippen molar-refractivity contribution in [3.05, 3.63) is 29.3 Å². The van der Waals surface area contributed by atoms with Crippen molar-refractivity contribution >= 4 is 33.5 Å². The van der Waals surface area contributed by atoms with Gasteiger partial charge in [-0.2, -0.15) is 0 Å². The number of rotatable bonds is 7. The number of halogens is 1. The third kappa shape index (κ3) is 4.80. The number of sulfonamides is 1. The van der Waals surface area contributed by atoms with Crippen LogP contribution in [-0.4, -0.2) is 26.3 Å². The Balaban J connectivity index is 2.88. The maximum atomic E-state index is 11.9. The van der Waals surface area contributed by atoms with Crippen molar-refractivity contribution in [2.24, 2.45) is 5.73 Å². The van der Waals surface area contributed by atoms with Crippen LogP contribution in [0, 0.1) is 0 Å². The van der Waals surface area contributed by atoms with E-state index in [1.807, 2.05) is 4.72 Å². The first-order valence-corrected chi connectivity index (χ1v) is 7.35. The summed E-state index contributed by atoms with van der Waals surface area (Å²) in [5, 5.41) is 11.2. The van der Waals surface area contributed by atoms with Crippen molar-refractivity contribution in [1.29, 1.82) is 0 Å². The van der Waals surface area contributed by atoms with Crippen LogP contribution in [0.3, 0.4) is 0 Å². The highest BCUT2D eigenvalue weighted by Crippen LogP contribution is 2.14. The Morgan fingerprint density at radius 1 is 1.30 bits per heavy atom. The normalized spacial score (nSPS) is 12.8. The first-order chi connectivity index (χ1) is 9.22. The zero-order valence-corrected chi connectivity index (χ0v) is 11.8. The van der Waals surface area contributed by atoms with E-state index in [2.05, 4.69) is 0 Å². The number of carbonyl (C=O) groups excluding carboxylic acids is 2. The molecule has 3 N–H and O–H groups in total. The lowest BCUT2D eigenvalue weighted by molar-refractivity contribution is -0.308. The Labute approximate surface area is 120 Å². The Morgan fingerprint density at radius 3 is 2.30 bits per heavy atom. The fraction of sp³-hybridized carbons (Fsp3) is 0.273. The molecule has 0 bridgehead atoms. The van der Waals surface area contributed by atoms with Crippen LogP contribution < -0.4 is 15.6 Å². The van der Waals surface area contributed by atoms with Gasteiger partial charge in [-0.05, 0) is 30.7 Å². The zero-order chi connectivity index (χ0) is 15.3. The van der Waals surface area contributed by atoms with E-state index < -0.39 is 27.9 Å². The van der Waals surface area contributed by atoms with Crippen LogP contribution >= 0.6 is 11.6 Å². The molecule has 0 aliphatic rings. The molecule has 0 aliphatic carbocycles. The molecule has 9 heteroatoms. The smallest absolute Gasteiger partial charge is 0.241 e. The molecule has 0 spiro atoms. The number of carbonyl (C=O) groups is 2. The Bertz CT molecular complexity index is 600. The summed E-state index contributed by atoms with van der Waals surface area (Å²) in [6.07, 6.45) is -0.563. The number of aliphatic carboxylic acids is 1. The third-order valence-corrected chi connectivity index (χ3v) is 4.12. The van der Waals surface area contributed by atoms with E-state index in [9.17, 15) is 23.1 Å². The summed E-state index contributed by atoms with van der Waals surface area (Å²) in [6.45, 7) is 0. The SMILES string of the molecule is NC(=O)CC[C@H](NS(=O)(=O)c1ccc(Cl)cc1)C(=O)[O-]. The summed E-state index contributed by atoms with van der Waals surface area (Å²) in [4.78, 5) is 21.3. The molecule has 20 heavy (non-hydrogen) atoms. The van der Waals surface area contributed by atoms with Gasteiger partial charge in [-0.15, -0.1) is 0 Å². The monoisotopic (exact) mass is 319 g/mol. The average molecular weight is 320 g/mol. The van der Waals surface area contributed by atoms with E-state index in [0.717, 1.165) is 0 Å². The molecule has 0 radical (unpaired) electrons. The number of hydrogen-bond donors (Lipinski definition) is 2.